The van der Waals surface area contributed by atoms with Gasteiger partial charge in [-0.3, -0.25) is 9.59 Å². The van der Waals surface area contributed by atoms with Crippen molar-refractivity contribution < 1.29 is 9.53 Å². The summed E-state index contributed by atoms with van der Waals surface area (Å²) in [6.07, 6.45) is 0.956. The van der Waals surface area contributed by atoms with Crippen molar-refractivity contribution in [1.82, 2.24) is 15.5 Å². The molecule has 0 aliphatic heterocycles. The minimum absolute atomic E-state index is 0.132. The Labute approximate surface area is 151 Å². The van der Waals surface area contributed by atoms with E-state index in [-0.39, 0.29) is 18.2 Å². The molecular formula is C18H22ClN3O3. The number of benzene rings is 1. The van der Waals surface area contributed by atoms with Crippen LogP contribution in [0.2, 0.25) is 5.02 Å². The second kappa shape index (κ2) is 8.67. The largest absolute Gasteiger partial charge is 0.489 e. The Morgan fingerprint density at radius 3 is 2.56 bits per heavy atom. The van der Waals surface area contributed by atoms with Crippen LogP contribution in [0.3, 0.4) is 0 Å². The zero-order valence-corrected chi connectivity index (χ0v) is 15.3. The molecule has 0 saturated carbocycles. The van der Waals surface area contributed by atoms with E-state index in [1.165, 1.54) is 0 Å². The van der Waals surface area contributed by atoms with Crippen molar-refractivity contribution in [2.24, 2.45) is 0 Å². The van der Waals surface area contributed by atoms with Crippen LogP contribution in [-0.4, -0.2) is 28.8 Å². The maximum Gasteiger partial charge on any atom is 0.277 e. The van der Waals surface area contributed by atoms with Gasteiger partial charge in [0.25, 0.3) is 11.5 Å². The van der Waals surface area contributed by atoms with E-state index in [1.54, 1.807) is 24.3 Å². The standard InChI is InChI=1S/C18H22ClN3O3/c1-4-14-15(5-2)21-22-18(24)16(14)17(23)20-10-11(3)25-13-8-6-12(19)7-9-13/h6-9,11H,4-5,10H2,1-3H3,(H,20,23)(H,22,24). The Morgan fingerprint density at radius 2 is 1.96 bits per heavy atom. The summed E-state index contributed by atoms with van der Waals surface area (Å²) < 4.78 is 5.72. The molecule has 2 rings (SSSR count). The van der Waals surface area contributed by atoms with Gasteiger partial charge in [0, 0.05) is 5.02 Å². The molecule has 0 saturated heterocycles. The third kappa shape index (κ3) is 4.82. The van der Waals surface area contributed by atoms with Gasteiger partial charge in [-0.25, -0.2) is 5.10 Å². The van der Waals surface area contributed by atoms with E-state index in [9.17, 15) is 9.59 Å². The lowest BCUT2D eigenvalue weighted by atomic mass is 10.0. The molecule has 0 bridgehead atoms. The monoisotopic (exact) mass is 363 g/mol. The number of carbonyl (C=O) groups is 1. The Kier molecular flexibility index (Phi) is 6.58. The van der Waals surface area contributed by atoms with Gasteiger partial charge >= 0.3 is 0 Å². The van der Waals surface area contributed by atoms with E-state index in [0.717, 1.165) is 5.69 Å². The minimum Gasteiger partial charge on any atom is -0.489 e. The Balaban J connectivity index is 2.05. The first-order valence-electron chi connectivity index (χ1n) is 8.27. The molecule has 1 aromatic carbocycles. The fraction of sp³-hybridized carbons (Fsp3) is 0.389. The summed E-state index contributed by atoms with van der Waals surface area (Å²) in [6, 6.07) is 6.99. The molecule has 1 amide bonds. The van der Waals surface area contributed by atoms with E-state index < -0.39 is 11.5 Å². The van der Waals surface area contributed by atoms with Gasteiger partial charge in [-0.1, -0.05) is 25.4 Å². The molecule has 7 heteroatoms. The van der Waals surface area contributed by atoms with Crippen LogP contribution >= 0.6 is 11.6 Å². The molecule has 1 heterocycles. The first-order valence-corrected chi connectivity index (χ1v) is 8.64. The van der Waals surface area contributed by atoms with Crippen LogP contribution in [0.1, 0.15) is 42.4 Å². The van der Waals surface area contributed by atoms with Gasteiger partial charge in [-0.15, -0.1) is 0 Å². The number of aromatic amines is 1. The van der Waals surface area contributed by atoms with Gasteiger partial charge in [-0.2, -0.15) is 5.10 Å². The molecule has 1 aromatic heterocycles. The van der Waals surface area contributed by atoms with E-state index in [0.29, 0.717) is 29.2 Å². The highest BCUT2D eigenvalue weighted by Gasteiger charge is 2.19. The van der Waals surface area contributed by atoms with Crippen LogP contribution in [0.5, 0.6) is 5.75 Å². The summed E-state index contributed by atoms with van der Waals surface area (Å²) in [5.41, 5.74) is 1.08. The first-order chi connectivity index (χ1) is 12.0. The number of aryl methyl sites for hydroxylation is 1. The summed E-state index contributed by atoms with van der Waals surface area (Å²) in [6.45, 7) is 5.94. The molecule has 0 aliphatic carbocycles. The smallest absolute Gasteiger partial charge is 0.277 e. The highest BCUT2D eigenvalue weighted by atomic mass is 35.5. The number of nitrogens with zero attached hydrogens (tertiary/aromatic N) is 1. The molecule has 0 radical (unpaired) electrons. The fourth-order valence-corrected chi connectivity index (χ4v) is 2.67. The quantitative estimate of drug-likeness (QED) is 0.792. The third-order valence-corrected chi connectivity index (χ3v) is 4.04. The molecule has 134 valence electrons. The summed E-state index contributed by atoms with van der Waals surface area (Å²) >= 11 is 5.84. The lowest BCUT2D eigenvalue weighted by Crippen LogP contribution is -2.37. The first kappa shape index (κ1) is 19.0. The molecule has 1 atom stereocenters. The van der Waals surface area contributed by atoms with Crippen molar-refractivity contribution >= 4 is 17.5 Å². The summed E-state index contributed by atoms with van der Waals surface area (Å²) in [5.74, 6) is 0.247. The van der Waals surface area contributed by atoms with Crippen molar-refractivity contribution in [2.75, 3.05) is 6.54 Å². The van der Waals surface area contributed by atoms with Crippen LogP contribution in [0, 0.1) is 0 Å². The van der Waals surface area contributed by atoms with Gasteiger partial charge in [0.2, 0.25) is 0 Å². The molecule has 2 N–H and O–H groups in total. The predicted molar refractivity (Wildman–Crippen MR) is 97.5 cm³/mol. The number of halogens is 1. The Morgan fingerprint density at radius 1 is 1.28 bits per heavy atom. The molecule has 1 unspecified atom stereocenters. The Hall–Kier alpha value is -2.34. The number of ether oxygens (including phenoxy) is 1. The van der Waals surface area contributed by atoms with Crippen molar-refractivity contribution in [3.8, 4) is 5.75 Å². The van der Waals surface area contributed by atoms with E-state index in [2.05, 4.69) is 15.5 Å². The van der Waals surface area contributed by atoms with Crippen LogP contribution < -0.4 is 15.6 Å². The average Bonchev–Trinajstić information content (AvgIpc) is 2.61. The maximum atomic E-state index is 12.5. The number of carbonyl (C=O) groups excluding carboxylic acids is 1. The van der Waals surface area contributed by atoms with Crippen LogP contribution in [0.25, 0.3) is 0 Å². The SMILES string of the molecule is CCc1n[nH]c(=O)c(C(=O)NCC(C)Oc2ccc(Cl)cc2)c1CC. The number of hydrogen-bond donors (Lipinski definition) is 2. The highest BCUT2D eigenvalue weighted by Crippen LogP contribution is 2.16. The third-order valence-electron chi connectivity index (χ3n) is 3.79. The molecule has 25 heavy (non-hydrogen) atoms. The minimum atomic E-state index is -0.474. The van der Waals surface area contributed by atoms with Crippen molar-refractivity contribution in [1.29, 1.82) is 0 Å². The van der Waals surface area contributed by atoms with Gasteiger partial charge in [0.1, 0.15) is 17.4 Å². The maximum absolute atomic E-state index is 12.5. The topological polar surface area (TPSA) is 84.1 Å². The zero-order chi connectivity index (χ0) is 18.4. The van der Waals surface area contributed by atoms with Crippen molar-refractivity contribution in [3.63, 3.8) is 0 Å². The number of amides is 1. The molecule has 6 nitrogen and oxygen atoms in total. The zero-order valence-electron chi connectivity index (χ0n) is 14.6. The normalized spacial score (nSPS) is 11.8. The van der Waals surface area contributed by atoms with Crippen molar-refractivity contribution in [3.05, 3.63) is 56.5 Å². The van der Waals surface area contributed by atoms with Crippen molar-refractivity contribution in [2.45, 2.75) is 39.7 Å². The fourth-order valence-electron chi connectivity index (χ4n) is 2.55. The summed E-state index contributed by atoms with van der Waals surface area (Å²) in [5, 5.41) is 9.80. The van der Waals surface area contributed by atoms with Crippen LogP contribution in [0.15, 0.2) is 29.1 Å². The number of aromatic nitrogens is 2. The second-order valence-corrected chi connectivity index (χ2v) is 6.09. The molecule has 0 fully saturated rings. The van der Waals surface area contributed by atoms with Crippen LogP contribution in [-0.2, 0) is 12.8 Å². The lowest BCUT2D eigenvalue weighted by Gasteiger charge is -2.16. The van der Waals surface area contributed by atoms with Gasteiger partial charge < -0.3 is 10.1 Å². The average molecular weight is 364 g/mol. The van der Waals surface area contributed by atoms with E-state index in [4.69, 9.17) is 16.3 Å². The number of hydrogen-bond acceptors (Lipinski definition) is 4. The summed E-state index contributed by atoms with van der Waals surface area (Å²) in [7, 11) is 0. The van der Waals surface area contributed by atoms with E-state index >= 15 is 0 Å². The number of rotatable bonds is 7. The van der Waals surface area contributed by atoms with E-state index in [1.807, 2.05) is 20.8 Å². The highest BCUT2D eigenvalue weighted by molar-refractivity contribution is 6.30. The Bertz CT molecular complexity index is 787. The number of nitrogens with one attached hydrogen (secondary N) is 2. The second-order valence-electron chi connectivity index (χ2n) is 5.65. The summed E-state index contributed by atoms with van der Waals surface area (Å²) in [4.78, 5) is 24.5. The molecule has 0 spiro atoms. The molecular weight excluding hydrogens is 342 g/mol. The lowest BCUT2D eigenvalue weighted by molar-refractivity contribution is 0.0929. The molecule has 0 aliphatic rings. The van der Waals surface area contributed by atoms with Gasteiger partial charge in [0.15, 0.2) is 0 Å². The van der Waals surface area contributed by atoms with Crippen LogP contribution in [0.4, 0.5) is 0 Å². The van der Waals surface area contributed by atoms with Gasteiger partial charge in [-0.05, 0) is 49.6 Å². The molecule has 2 aromatic rings. The predicted octanol–water partition coefficient (Wildman–Crippen LogP) is 2.75. The number of H-pyrrole nitrogens is 1. The van der Waals surface area contributed by atoms with Gasteiger partial charge in [0.05, 0.1) is 12.2 Å².